The molecule has 2 aromatic rings. The van der Waals surface area contributed by atoms with Crippen LogP contribution < -0.4 is 5.32 Å². The first-order chi connectivity index (χ1) is 9.89. The summed E-state index contributed by atoms with van der Waals surface area (Å²) in [5, 5.41) is 3.22. The van der Waals surface area contributed by atoms with E-state index in [1.165, 1.54) is 12.1 Å². The Morgan fingerprint density at radius 2 is 1.38 bits per heavy atom. The summed E-state index contributed by atoms with van der Waals surface area (Å²) in [6.45, 7) is 3.70. The molecule has 0 saturated carbocycles. The van der Waals surface area contributed by atoms with Gasteiger partial charge in [0.05, 0.1) is 5.56 Å². The smallest absolute Gasteiger partial charge is 0.304 e. The molecule has 2 atom stereocenters. The minimum Gasteiger partial charge on any atom is -0.304 e. The van der Waals surface area contributed by atoms with Gasteiger partial charge in [0.1, 0.15) is 0 Å². The van der Waals surface area contributed by atoms with Crippen molar-refractivity contribution in [3.05, 3.63) is 71.3 Å². The lowest BCUT2D eigenvalue weighted by Crippen LogP contribution is -2.24. The van der Waals surface area contributed by atoms with Crippen molar-refractivity contribution in [2.45, 2.75) is 32.1 Å². The SMILES string of the molecule is CC(NC(C)c1ccccc1C(F)(F)F)c1ccccc1. The Labute approximate surface area is 122 Å². The Balaban J connectivity index is 2.20. The zero-order valence-electron chi connectivity index (χ0n) is 12.0. The van der Waals surface area contributed by atoms with E-state index < -0.39 is 17.8 Å². The monoisotopic (exact) mass is 293 g/mol. The fraction of sp³-hybridized carbons (Fsp3) is 0.294. The maximum absolute atomic E-state index is 13.0. The first-order valence-corrected chi connectivity index (χ1v) is 6.86. The molecule has 2 unspecified atom stereocenters. The van der Waals surface area contributed by atoms with Crippen LogP contribution in [0.5, 0.6) is 0 Å². The largest absolute Gasteiger partial charge is 0.416 e. The van der Waals surface area contributed by atoms with E-state index in [1.54, 1.807) is 13.0 Å². The van der Waals surface area contributed by atoms with Crippen LogP contribution in [-0.4, -0.2) is 0 Å². The average Bonchev–Trinajstić information content (AvgIpc) is 2.47. The van der Waals surface area contributed by atoms with Crippen LogP contribution in [0.15, 0.2) is 54.6 Å². The third-order valence-corrected chi connectivity index (χ3v) is 3.53. The molecular formula is C17H18F3N. The number of rotatable bonds is 4. The van der Waals surface area contributed by atoms with E-state index in [-0.39, 0.29) is 11.6 Å². The third-order valence-electron chi connectivity index (χ3n) is 3.53. The van der Waals surface area contributed by atoms with E-state index >= 15 is 0 Å². The van der Waals surface area contributed by atoms with Crippen molar-refractivity contribution in [2.24, 2.45) is 0 Å². The van der Waals surface area contributed by atoms with Gasteiger partial charge in [-0.1, -0.05) is 48.5 Å². The molecule has 1 N–H and O–H groups in total. The molecule has 0 radical (unpaired) electrons. The Kier molecular flexibility index (Phi) is 4.68. The van der Waals surface area contributed by atoms with Crippen molar-refractivity contribution in [3.63, 3.8) is 0 Å². The molecule has 0 fully saturated rings. The van der Waals surface area contributed by atoms with E-state index in [9.17, 15) is 13.2 Å². The summed E-state index contributed by atoms with van der Waals surface area (Å²) in [4.78, 5) is 0. The van der Waals surface area contributed by atoms with Crippen LogP contribution in [0.3, 0.4) is 0 Å². The second-order valence-corrected chi connectivity index (χ2v) is 5.11. The summed E-state index contributed by atoms with van der Waals surface area (Å²) in [7, 11) is 0. The number of nitrogens with one attached hydrogen (secondary N) is 1. The number of halogens is 3. The van der Waals surface area contributed by atoms with Gasteiger partial charge < -0.3 is 5.32 Å². The van der Waals surface area contributed by atoms with Crippen molar-refractivity contribution < 1.29 is 13.2 Å². The van der Waals surface area contributed by atoms with Gasteiger partial charge in [-0.15, -0.1) is 0 Å². The predicted octanol–water partition coefficient (Wildman–Crippen LogP) is 5.12. The molecule has 0 bridgehead atoms. The van der Waals surface area contributed by atoms with E-state index in [2.05, 4.69) is 5.32 Å². The number of hydrogen-bond donors (Lipinski definition) is 1. The van der Waals surface area contributed by atoms with Gasteiger partial charge in [-0.25, -0.2) is 0 Å². The van der Waals surface area contributed by atoms with Gasteiger partial charge in [0.25, 0.3) is 0 Å². The van der Waals surface area contributed by atoms with Crippen LogP contribution in [0.1, 0.15) is 42.6 Å². The molecule has 0 heterocycles. The van der Waals surface area contributed by atoms with Crippen molar-refractivity contribution >= 4 is 0 Å². The highest BCUT2D eigenvalue weighted by molar-refractivity contribution is 5.32. The maximum Gasteiger partial charge on any atom is 0.416 e. The molecule has 112 valence electrons. The van der Waals surface area contributed by atoms with E-state index in [0.717, 1.165) is 11.6 Å². The van der Waals surface area contributed by atoms with Crippen LogP contribution in [0.2, 0.25) is 0 Å². The van der Waals surface area contributed by atoms with Crippen molar-refractivity contribution in [3.8, 4) is 0 Å². The highest BCUT2D eigenvalue weighted by Gasteiger charge is 2.34. The van der Waals surface area contributed by atoms with E-state index in [4.69, 9.17) is 0 Å². The minimum absolute atomic E-state index is 0.0255. The summed E-state index contributed by atoms with van der Waals surface area (Å²) in [6.07, 6.45) is -4.33. The summed E-state index contributed by atoms with van der Waals surface area (Å²) in [5.74, 6) is 0. The summed E-state index contributed by atoms with van der Waals surface area (Å²) in [6, 6.07) is 15.0. The van der Waals surface area contributed by atoms with Gasteiger partial charge in [-0.05, 0) is 31.0 Å². The molecule has 0 aliphatic rings. The van der Waals surface area contributed by atoms with Crippen LogP contribution in [0, 0.1) is 0 Å². The number of alkyl halides is 3. The zero-order chi connectivity index (χ0) is 15.5. The van der Waals surface area contributed by atoms with Crippen LogP contribution in [0.25, 0.3) is 0 Å². The van der Waals surface area contributed by atoms with Crippen LogP contribution in [-0.2, 0) is 6.18 Å². The molecule has 0 aliphatic heterocycles. The standard InChI is InChI=1S/C17H18F3N/c1-12(14-8-4-3-5-9-14)21-13(2)15-10-6-7-11-16(15)17(18,19)20/h3-13,21H,1-2H3. The first-order valence-electron chi connectivity index (χ1n) is 6.86. The molecule has 1 nitrogen and oxygen atoms in total. The lowest BCUT2D eigenvalue weighted by molar-refractivity contribution is -0.138. The molecule has 0 saturated heterocycles. The van der Waals surface area contributed by atoms with Gasteiger partial charge in [-0.3, -0.25) is 0 Å². The molecule has 0 amide bonds. The first kappa shape index (κ1) is 15.6. The van der Waals surface area contributed by atoms with Crippen LogP contribution >= 0.6 is 0 Å². The van der Waals surface area contributed by atoms with Gasteiger partial charge in [0, 0.05) is 12.1 Å². The molecule has 0 aliphatic carbocycles. The number of benzene rings is 2. The summed E-state index contributed by atoms with van der Waals surface area (Å²) < 4.78 is 39.1. The molecular weight excluding hydrogens is 275 g/mol. The predicted molar refractivity (Wildman–Crippen MR) is 77.9 cm³/mol. The summed E-state index contributed by atoms with van der Waals surface area (Å²) >= 11 is 0. The molecule has 2 rings (SSSR count). The average molecular weight is 293 g/mol. The Morgan fingerprint density at radius 3 is 2.00 bits per heavy atom. The fourth-order valence-corrected chi connectivity index (χ4v) is 2.44. The van der Waals surface area contributed by atoms with Crippen molar-refractivity contribution in [2.75, 3.05) is 0 Å². The second kappa shape index (κ2) is 6.31. The zero-order valence-corrected chi connectivity index (χ0v) is 12.0. The molecule has 21 heavy (non-hydrogen) atoms. The maximum atomic E-state index is 13.0. The molecule has 0 aromatic heterocycles. The second-order valence-electron chi connectivity index (χ2n) is 5.11. The normalized spacial score (nSPS) is 14.7. The van der Waals surface area contributed by atoms with Crippen molar-refractivity contribution in [1.29, 1.82) is 0 Å². The highest BCUT2D eigenvalue weighted by Crippen LogP contribution is 2.35. The number of hydrogen-bond acceptors (Lipinski definition) is 1. The van der Waals surface area contributed by atoms with E-state index in [1.807, 2.05) is 37.3 Å². The van der Waals surface area contributed by atoms with E-state index in [0.29, 0.717) is 0 Å². The Hall–Kier alpha value is -1.81. The fourth-order valence-electron chi connectivity index (χ4n) is 2.44. The lowest BCUT2D eigenvalue weighted by Gasteiger charge is -2.23. The highest BCUT2D eigenvalue weighted by atomic mass is 19.4. The molecule has 4 heteroatoms. The topological polar surface area (TPSA) is 12.0 Å². The lowest BCUT2D eigenvalue weighted by atomic mass is 9.99. The van der Waals surface area contributed by atoms with Gasteiger partial charge >= 0.3 is 6.18 Å². The van der Waals surface area contributed by atoms with Crippen molar-refractivity contribution in [1.82, 2.24) is 5.32 Å². The molecule has 2 aromatic carbocycles. The Morgan fingerprint density at radius 1 is 0.810 bits per heavy atom. The van der Waals surface area contributed by atoms with Crippen LogP contribution in [0.4, 0.5) is 13.2 Å². The minimum atomic E-state index is -4.33. The van der Waals surface area contributed by atoms with Gasteiger partial charge in [0.2, 0.25) is 0 Å². The quantitative estimate of drug-likeness (QED) is 0.825. The summed E-state index contributed by atoms with van der Waals surface area (Å²) in [5.41, 5.74) is 0.742. The Bertz CT molecular complexity index is 578. The molecule has 0 spiro atoms. The van der Waals surface area contributed by atoms with Gasteiger partial charge in [0.15, 0.2) is 0 Å². The van der Waals surface area contributed by atoms with Gasteiger partial charge in [-0.2, -0.15) is 13.2 Å². The third kappa shape index (κ3) is 3.85.